The number of halogens is 1. The molecular formula is C16H25ClN2O. The molecule has 0 bridgehead atoms. The summed E-state index contributed by atoms with van der Waals surface area (Å²) in [5, 5.41) is 4.03. The molecule has 0 amide bonds. The Kier molecular flexibility index (Phi) is 5.70. The molecule has 0 heterocycles. The monoisotopic (exact) mass is 296 g/mol. The van der Waals surface area contributed by atoms with Crippen LogP contribution in [0.25, 0.3) is 0 Å². The highest BCUT2D eigenvalue weighted by Crippen LogP contribution is 2.38. The standard InChI is InChI=1S/C16H25ClN2O/c1-12(13-4-5-13)19(8-9-20-3)16-7-6-15(17)10-14(16)11-18-2/h6-7,10,12-13,18H,4-5,8-9,11H2,1-3H3. The van der Waals surface area contributed by atoms with E-state index in [1.54, 1.807) is 7.11 Å². The predicted molar refractivity (Wildman–Crippen MR) is 85.6 cm³/mol. The van der Waals surface area contributed by atoms with Gasteiger partial charge in [-0.3, -0.25) is 0 Å². The van der Waals surface area contributed by atoms with E-state index < -0.39 is 0 Å². The number of nitrogens with zero attached hydrogens (tertiary/aromatic N) is 1. The van der Waals surface area contributed by atoms with Crippen LogP contribution < -0.4 is 10.2 Å². The number of rotatable bonds is 8. The molecule has 1 saturated carbocycles. The second-order valence-electron chi connectivity index (χ2n) is 5.57. The molecule has 1 N–H and O–H groups in total. The number of hydrogen-bond acceptors (Lipinski definition) is 3. The molecule has 1 aromatic carbocycles. The maximum absolute atomic E-state index is 6.15. The Morgan fingerprint density at radius 2 is 2.20 bits per heavy atom. The second kappa shape index (κ2) is 7.30. The molecule has 0 radical (unpaired) electrons. The lowest BCUT2D eigenvalue weighted by Gasteiger charge is -2.33. The summed E-state index contributed by atoms with van der Waals surface area (Å²) in [7, 11) is 3.73. The summed E-state index contributed by atoms with van der Waals surface area (Å²) in [4.78, 5) is 2.48. The zero-order valence-electron chi connectivity index (χ0n) is 12.7. The summed E-state index contributed by atoms with van der Waals surface area (Å²) in [6.07, 6.45) is 2.69. The summed E-state index contributed by atoms with van der Waals surface area (Å²) in [5.74, 6) is 0.824. The van der Waals surface area contributed by atoms with E-state index in [-0.39, 0.29) is 0 Å². The SMILES string of the molecule is CNCc1cc(Cl)ccc1N(CCOC)C(C)C1CC1. The molecule has 1 fully saturated rings. The van der Waals surface area contributed by atoms with Crippen LogP contribution in [0.15, 0.2) is 18.2 Å². The number of hydrogen-bond donors (Lipinski definition) is 1. The van der Waals surface area contributed by atoms with Gasteiger partial charge in [-0.1, -0.05) is 11.6 Å². The molecule has 0 aliphatic heterocycles. The minimum atomic E-state index is 0.557. The Hall–Kier alpha value is -0.770. The van der Waals surface area contributed by atoms with Crippen LogP contribution in [0.1, 0.15) is 25.3 Å². The molecule has 2 rings (SSSR count). The van der Waals surface area contributed by atoms with Gasteiger partial charge in [0.25, 0.3) is 0 Å². The van der Waals surface area contributed by atoms with Crippen LogP contribution in [0, 0.1) is 5.92 Å². The zero-order valence-corrected chi connectivity index (χ0v) is 13.4. The van der Waals surface area contributed by atoms with Gasteiger partial charge in [-0.2, -0.15) is 0 Å². The van der Waals surface area contributed by atoms with E-state index in [0.717, 1.165) is 30.6 Å². The van der Waals surface area contributed by atoms with Gasteiger partial charge in [-0.25, -0.2) is 0 Å². The van der Waals surface area contributed by atoms with Gasteiger partial charge in [-0.05, 0) is 56.5 Å². The van der Waals surface area contributed by atoms with Gasteiger partial charge in [-0.15, -0.1) is 0 Å². The maximum Gasteiger partial charge on any atom is 0.0637 e. The lowest BCUT2D eigenvalue weighted by molar-refractivity contribution is 0.202. The number of nitrogens with one attached hydrogen (secondary N) is 1. The largest absolute Gasteiger partial charge is 0.383 e. The highest BCUT2D eigenvalue weighted by atomic mass is 35.5. The number of benzene rings is 1. The molecule has 1 aromatic rings. The Morgan fingerprint density at radius 3 is 2.80 bits per heavy atom. The Labute approximate surface area is 127 Å². The Bertz CT molecular complexity index is 434. The van der Waals surface area contributed by atoms with Crippen LogP contribution in [-0.2, 0) is 11.3 Å². The third kappa shape index (κ3) is 3.87. The van der Waals surface area contributed by atoms with E-state index in [0.29, 0.717) is 6.04 Å². The van der Waals surface area contributed by atoms with Crippen LogP contribution in [-0.4, -0.2) is 33.4 Å². The van der Waals surface area contributed by atoms with Crippen molar-refractivity contribution >= 4 is 17.3 Å². The Morgan fingerprint density at radius 1 is 1.45 bits per heavy atom. The topological polar surface area (TPSA) is 24.5 Å². The van der Waals surface area contributed by atoms with Crippen LogP contribution >= 0.6 is 11.6 Å². The molecule has 112 valence electrons. The van der Waals surface area contributed by atoms with E-state index in [4.69, 9.17) is 16.3 Å². The van der Waals surface area contributed by atoms with E-state index in [9.17, 15) is 0 Å². The van der Waals surface area contributed by atoms with Crippen molar-refractivity contribution in [1.29, 1.82) is 0 Å². The second-order valence-corrected chi connectivity index (χ2v) is 6.00. The highest BCUT2D eigenvalue weighted by Gasteiger charge is 2.32. The van der Waals surface area contributed by atoms with Crippen molar-refractivity contribution < 1.29 is 4.74 Å². The van der Waals surface area contributed by atoms with E-state index in [2.05, 4.69) is 29.3 Å². The fraction of sp³-hybridized carbons (Fsp3) is 0.625. The van der Waals surface area contributed by atoms with Gasteiger partial charge in [0.05, 0.1) is 6.61 Å². The van der Waals surface area contributed by atoms with Gasteiger partial charge in [0.2, 0.25) is 0 Å². The van der Waals surface area contributed by atoms with Crippen LogP contribution in [0.2, 0.25) is 5.02 Å². The van der Waals surface area contributed by atoms with Crippen molar-refractivity contribution in [2.75, 3.05) is 32.2 Å². The van der Waals surface area contributed by atoms with Crippen molar-refractivity contribution in [3.63, 3.8) is 0 Å². The number of ether oxygens (including phenoxy) is 1. The first-order valence-corrected chi connectivity index (χ1v) is 7.73. The van der Waals surface area contributed by atoms with Crippen LogP contribution in [0.4, 0.5) is 5.69 Å². The minimum absolute atomic E-state index is 0.557. The molecule has 1 atom stereocenters. The van der Waals surface area contributed by atoms with Gasteiger partial charge in [0.15, 0.2) is 0 Å². The summed E-state index contributed by atoms with van der Waals surface area (Å²) in [6.45, 7) is 4.83. The first kappa shape index (κ1) is 15.6. The molecule has 1 unspecified atom stereocenters. The van der Waals surface area contributed by atoms with Gasteiger partial charge >= 0.3 is 0 Å². The Balaban J connectivity index is 2.25. The first-order chi connectivity index (χ1) is 9.67. The molecule has 1 aliphatic carbocycles. The van der Waals surface area contributed by atoms with Crippen molar-refractivity contribution in [1.82, 2.24) is 5.32 Å². The minimum Gasteiger partial charge on any atom is -0.383 e. The lowest BCUT2D eigenvalue weighted by Crippen LogP contribution is -2.38. The average Bonchev–Trinajstić information content (AvgIpc) is 3.25. The number of anilines is 1. The van der Waals surface area contributed by atoms with Crippen LogP contribution in [0.5, 0.6) is 0 Å². The molecule has 4 heteroatoms. The lowest BCUT2D eigenvalue weighted by atomic mass is 10.1. The van der Waals surface area contributed by atoms with Gasteiger partial charge < -0.3 is 15.0 Å². The van der Waals surface area contributed by atoms with E-state index in [1.165, 1.54) is 24.1 Å². The van der Waals surface area contributed by atoms with Gasteiger partial charge in [0, 0.05) is 37.0 Å². The summed E-state index contributed by atoms with van der Waals surface area (Å²) >= 11 is 6.15. The van der Waals surface area contributed by atoms with Crippen LogP contribution in [0.3, 0.4) is 0 Å². The molecule has 0 aromatic heterocycles. The normalized spacial score (nSPS) is 16.2. The van der Waals surface area contributed by atoms with Crippen molar-refractivity contribution in [2.45, 2.75) is 32.4 Å². The van der Waals surface area contributed by atoms with Crippen molar-refractivity contribution in [3.8, 4) is 0 Å². The summed E-state index contributed by atoms with van der Waals surface area (Å²) < 4.78 is 5.28. The number of methoxy groups -OCH3 is 1. The highest BCUT2D eigenvalue weighted by molar-refractivity contribution is 6.30. The molecule has 3 nitrogen and oxygen atoms in total. The molecule has 0 spiro atoms. The van der Waals surface area contributed by atoms with E-state index in [1.807, 2.05) is 13.1 Å². The third-order valence-corrected chi connectivity index (χ3v) is 4.29. The average molecular weight is 297 g/mol. The third-order valence-electron chi connectivity index (χ3n) is 4.05. The molecule has 20 heavy (non-hydrogen) atoms. The smallest absolute Gasteiger partial charge is 0.0637 e. The fourth-order valence-corrected chi connectivity index (χ4v) is 2.93. The summed E-state index contributed by atoms with van der Waals surface area (Å²) in [6, 6.07) is 6.74. The maximum atomic E-state index is 6.15. The van der Waals surface area contributed by atoms with Gasteiger partial charge in [0.1, 0.15) is 0 Å². The molecular weight excluding hydrogens is 272 g/mol. The quantitative estimate of drug-likeness (QED) is 0.796. The summed E-state index contributed by atoms with van der Waals surface area (Å²) in [5.41, 5.74) is 2.53. The molecule has 1 aliphatic rings. The van der Waals surface area contributed by atoms with Crippen molar-refractivity contribution in [3.05, 3.63) is 28.8 Å². The van der Waals surface area contributed by atoms with Crippen molar-refractivity contribution in [2.24, 2.45) is 5.92 Å². The van der Waals surface area contributed by atoms with E-state index >= 15 is 0 Å². The molecule has 0 saturated heterocycles. The predicted octanol–water partition coefficient (Wildman–Crippen LogP) is 3.31. The first-order valence-electron chi connectivity index (χ1n) is 7.36. The fourth-order valence-electron chi connectivity index (χ4n) is 2.73. The zero-order chi connectivity index (χ0) is 14.5.